The SMILES string of the molecule is Cc1ccc([N+](=O)[O-])c(NC(=O)COc2c(F)c(F)c(F)c(F)c2F)c1C. The summed E-state index contributed by atoms with van der Waals surface area (Å²) in [7, 11) is 0. The summed E-state index contributed by atoms with van der Waals surface area (Å²) in [4.78, 5) is 22.2. The Morgan fingerprint density at radius 3 is 2.07 bits per heavy atom. The van der Waals surface area contributed by atoms with Gasteiger partial charge in [0.15, 0.2) is 12.4 Å². The zero-order valence-corrected chi connectivity index (χ0v) is 13.8. The maximum absolute atomic E-state index is 13.5. The number of nitro benzene ring substituents is 1. The van der Waals surface area contributed by atoms with Crippen molar-refractivity contribution >= 4 is 17.3 Å². The highest BCUT2D eigenvalue weighted by molar-refractivity contribution is 5.95. The molecule has 0 spiro atoms. The molecule has 0 heterocycles. The van der Waals surface area contributed by atoms with Crippen molar-refractivity contribution in [1.29, 1.82) is 0 Å². The summed E-state index contributed by atoms with van der Waals surface area (Å²) in [6.07, 6.45) is 0. The molecule has 2 rings (SSSR count). The summed E-state index contributed by atoms with van der Waals surface area (Å²) in [6.45, 7) is 1.96. The molecule has 0 aliphatic heterocycles. The number of anilines is 1. The number of aryl methyl sites for hydroxylation is 1. The number of hydrogen-bond acceptors (Lipinski definition) is 4. The fraction of sp³-hybridized carbons (Fsp3) is 0.188. The Kier molecular flexibility index (Phi) is 5.62. The first kappa shape index (κ1) is 20.1. The number of benzene rings is 2. The van der Waals surface area contributed by atoms with Gasteiger partial charge in [-0.3, -0.25) is 14.9 Å². The molecular weight excluding hydrogens is 379 g/mol. The number of ether oxygens (including phenoxy) is 1. The molecule has 2 aromatic carbocycles. The zero-order chi connectivity index (χ0) is 20.5. The second-order valence-corrected chi connectivity index (χ2v) is 5.39. The van der Waals surface area contributed by atoms with Crippen molar-refractivity contribution in [3.63, 3.8) is 0 Å². The maximum atomic E-state index is 13.5. The molecule has 27 heavy (non-hydrogen) atoms. The number of nitro groups is 1. The van der Waals surface area contributed by atoms with E-state index in [2.05, 4.69) is 10.1 Å². The van der Waals surface area contributed by atoms with Crippen LogP contribution < -0.4 is 10.1 Å². The molecular formula is C16H11F5N2O4. The highest BCUT2D eigenvalue weighted by Crippen LogP contribution is 2.31. The van der Waals surface area contributed by atoms with Crippen LogP contribution in [0.5, 0.6) is 5.75 Å². The Bertz CT molecular complexity index is 920. The van der Waals surface area contributed by atoms with Crippen molar-refractivity contribution in [2.24, 2.45) is 0 Å². The lowest BCUT2D eigenvalue weighted by atomic mass is 10.1. The summed E-state index contributed by atoms with van der Waals surface area (Å²) >= 11 is 0. The quantitative estimate of drug-likeness (QED) is 0.276. The van der Waals surface area contributed by atoms with Crippen LogP contribution in [0.15, 0.2) is 12.1 Å². The van der Waals surface area contributed by atoms with E-state index in [9.17, 15) is 36.9 Å². The van der Waals surface area contributed by atoms with Crippen LogP contribution in [0.2, 0.25) is 0 Å². The Balaban J connectivity index is 2.25. The van der Waals surface area contributed by atoms with Gasteiger partial charge >= 0.3 is 0 Å². The Morgan fingerprint density at radius 2 is 1.56 bits per heavy atom. The smallest absolute Gasteiger partial charge is 0.293 e. The van der Waals surface area contributed by atoms with Gasteiger partial charge in [0.25, 0.3) is 11.6 Å². The number of nitrogens with one attached hydrogen (secondary N) is 1. The molecule has 0 radical (unpaired) electrons. The second-order valence-electron chi connectivity index (χ2n) is 5.39. The number of hydrogen-bond donors (Lipinski definition) is 1. The molecule has 0 fully saturated rings. The van der Waals surface area contributed by atoms with Gasteiger partial charge in [0, 0.05) is 6.07 Å². The molecule has 0 atom stereocenters. The van der Waals surface area contributed by atoms with Crippen LogP contribution in [-0.2, 0) is 4.79 Å². The van der Waals surface area contributed by atoms with Crippen molar-refractivity contribution in [2.45, 2.75) is 13.8 Å². The minimum atomic E-state index is -2.37. The third-order valence-corrected chi connectivity index (χ3v) is 3.69. The number of nitrogens with zero attached hydrogens (tertiary/aromatic N) is 1. The number of halogens is 5. The van der Waals surface area contributed by atoms with Crippen LogP contribution >= 0.6 is 0 Å². The number of amides is 1. The first-order valence-electron chi connectivity index (χ1n) is 7.24. The van der Waals surface area contributed by atoms with Gasteiger partial charge in [0.2, 0.25) is 29.1 Å². The molecule has 0 saturated heterocycles. The van der Waals surface area contributed by atoms with E-state index in [-0.39, 0.29) is 5.69 Å². The van der Waals surface area contributed by atoms with Gasteiger partial charge in [0.05, 0.1) is 4.92 Å². The van der Waals surface area contributed by atoms with Crippen molar-refractivity contribution in [3.8, 4) is 5.75 Å². The third-order valence-electron chi connectivity index (χ3n) is 3.69. The summed E-state index contributed by atoms with van der Waals surface area (Å²) in [6, 6.07) is 2.59. The van der Waals surface area contributed by atoms with E-state index in [0.717, 1.165) is 6.07 Å². The highest BCUT2D eigenvalue weighted by atomic mass is 19.2. The number of rotatable bonds is 5. The largest absolute Gasteiger partial charge is 0.477 e. The molecule has 0 unspecified atom stereocenters. The van der Waals surface area contributed by atoms with E-state index < -0.39 is 58.0 Å². The van der Waals surface area contributed by atoms with Gasteiger partial charge in [-0.05, 0) is 25.0 Å². The lowest BCUT2D eigenvalue weighted by Gasteiger charge is -2.13. The van der Waals surface area contributed by atoms with Gasteiger partial charge in [-0.25, -0.2) is 13.2 Å². The topological polar surface area (TPSA) is 81.5 Å². The monoisotopic (exact) mass is 390 g/mol. The van der Waals surface area contributed by atoms with E-state index in [1.165, 1.54) is 13.0 Å². The predicted octanol–water partition coefficient (Wildman–Crippen LogP) is 3.92. The van der Waals surface area contributed by atoms with E-state index in [4.69, 9.17) is 0 Å². The Labute approximate surface area is 148 Å². The van der Waals surface area contributed by atoms with Crippen molar-refractivity contribution in [3.05, 3.63) is 62.5 Å². The molecule has 0 aliphatic carbocycles. The molecule has 1 N–H and O–H groups in total. The predicted molar refractivity (Wildman–Crippen MR) is 82.9 cm³/mol. The van der Waals surface area contributed by atoms with Crippen LogP contribution in [-0.4, -0.2) is 17.4 Å². The minimum Gasteiger partial charge on any atom is -0.477 e. The van der Waals surface area contributed by atoms with E-state index >= 15 is 0 Å². The number of carbonyl (C=O) groups is 1. The van der Waals surface area contributed by atoms with Crippen LogP contribution in [0.1, 0.15) is 11.1 Å². The minimum absolute atomic E-state index is 0.175. The van der Waals surface area contributed by atoms with Crippen LogP contribution in [0.3, 0.4) is 0 Å². The third kappa shape index (κ3) is 3.81. The lowest BCUT2D eigenvalue weighted by Crippen LogP contribution is -2.22. The first-order chi connectivity index (χ1) is 12.6. The van der Waals surface area contributed by atoms with E-state index in [0.29, 0.717) is 11.1 Å². The Hall–Kier alpha value is -3.24. The summed E-state index contributed by atoms with van der Waals surface area (Å²) in [5, 5.41) is 13.2. The molecule has 6 nitrogen and oxygen atoms in total. The van der Waals surface area contributed by atoms with E-state index in [1.807, 2.05) is 0 Å². The summed E-state index contributed by atoms with van der Waals surface area (Å²) in [5.74, 6) is -14.0. The zero-order valence-electron chi connectivity index (χ0n) is 13.8. The average molecular weight is 390 g/mol. The van der Waals surface area contributed by atoms with Crippen molar-refractivity contribution in [2.75, 3.05) is 11.9 Å². The standard InChI is InChI=1S/C16H11F5N2O4/c1-6-3-4-8(23(25)26)15(7(6)2)22-9(24)5-27-16-13(20)11(18)10(17)12(19)14(16)21/h3-4H,5H2,1-2H3,(H,22,24). The van der Waals surface area contributed by atoms with Gasteiger partial charge in [-0.1, -0.05) is 6.07 Å². The molecule has 1 amide bonds. The van der Waals surface area contributed by atoms with Crippen LogP contribution in [0, 0.1) is 53.0 Å². The van der Waals surface area contributed by atoms with Crippen LogP contribution in [0.4, 0.5) is 33.3 Å². The first-order valence-corrected chi connectivity index (χ1v) is 7.24. The normalized spacial score (nSPS) is 10.6. The summed E-state index contributed by atoms with van der Waals surface area (Å²) < 4.78 is 70.6. The molecule has 0 saturated carbocycles. The summed E-state index contributed by atoms with van der Waals surface area (Å²) in [5.41, 5.74) is 0.346. The van der Waals surface area contributed by atoms with E-state index in [1.54, 1.807) is 6.92 Å². The average Bonchev–Trinajstić information content (AvgIpc) is 2.62. The Morgan fingerprint density at radius 1 is 1.04 bits per heavy atom. The molecule has 144 valence electrons. The fourth-order valence-electron chi connectivity index (χ4n) is 2.14. The lowest BCUT2D eigenvalue weighted by molar-refractivity contribution is -0.384. The van der Waals surface area contributed by atoms with Gasteiger partial charge in [-0.2, -0.15) is 8.78 Å². The van der Waals surface area contributed by atoms with Gasteiger partial charge in [-0.15, -0.1) is 0 Å². The van der Waals surface area contributed by atoms with Crippen LogP contribution in [0.25, 0.3) is 0 Å². The van der Waals surface area contributed by atoms with Gasteiger partial charge in [0.1, 0.15) is 5.69 Å². The molecule has 2 aromatic rings. The molecule has 11 heteroatoms. The van der Waals surface area contributed by atoms with Crippen molar-refractivity contribution in [1.82, 2.24) is 0 Å². The highest BCUT2D eigenvalue weighted by Gasteiger charge is 2.28. The van der Waals surface area contributed by atoms with Gasteiger partial charge < -0.3 is 10.1 Å². The number of carbonyl (C=O) groups excluding carboxylic acids is 1. The maximum Gasteiger partial charge on any atom is 0.293 e. The second kappa shape index (κ2) is 7.56. The fourth-order valence-corrected chi connectivity index (χ4v) is 2.14. The van der Waals surface area contributed by atoms with Crippen molar-refractivity contribution < 1.29 is 36.4 Å². The molecule has 0 bridgehead atoms. The molecule has 0 aromatic heterocycles. The molecule has 0 aliphatic rings.